The first-order chi connectivity index (χ1) is 13.1. The Morgan fingerprint density at radius 2 is 2.04 bits per heavy atom. The second-order valence-electron chi connectivity index (χ2n) is 7.76. The average Bonchev–Trinajstić information content (AvgIpc) is 3.30. The third-order valence-electron chi connectivity index (χ3n) is 6.19. The van der Waals surface area contributed by atoms with Gasteiger partial charge >= 0.3 is 0 Å². The second-order valence-corrected chi connectivity index (χ2v) is 7.76. The van der Waals surface area contributed by atoms with Crippen LogP contribution in [0.3, 0.4) is 0 Å². The summed E-state index contributed by atoms with van der Waals surface area (Å²) >= 11 is 0. The molecule has 2 aliphatic rings. The summed E-state index contributed by atoms with van der Waals surface area (Å²) in [6.07, 6.45) is 1.80. The van der Waals surface area contributed by atoms with Crippen LogP contribution in [0.1, 0.15) is 37.2 Å². The lowest BCUT2D eigenvalue weighted by molar-refractivity contribution is -0.123. The normalized spacial score (nSPS) is 24.3. The van der Waals surface area contributed by atoms with Crippen LogP contribution >= 0.6 is 0 Å². The Kier molecular flexibility index (Phi) is 3.54. The van der Waals surface area contributed by atoms with Gasteiger partial charge in [-0.1, -0.05) is 30.3 Å². The summed E-state index contributed by atoms with van der Waals surface area (Å²) in [6, 6.07) is 16.0. The van der Waals surface area contributed by atoms with Crippen molar-refractivity contribution in [2.24, 2.45) is 13.0 Å². The number of amides is 1. The number of carbonyl (C=O) groups is 1. The summed E-state index contributed by atoms with van der Waals surface area (Å²) < 4.78 is 7.84. The van der Waals surface area contributed by atoms with E-state index < -0.39 is 0 Å². The van der Waals surface area contributed by atoms with Crippen LogP contribution in [0.4, 0.5) is 0 Å². The van der Waals surface area contributed by atoms with Crippen LogP contribution < -0.4 is 10.1 Å². The maximum atomic E-state index is 13.0. The maximum Gasteiger partial charge on any atom is 0.224 e. The molecule has 5 rings (SSSR count). The van der Waals surface area contributed by atoms with E-state index in [2.05, 4.69) is 22.0 Å². The average molecular weight is 361 g/mol. The summed E-state index contributed by atoms with van der Waals surface area (Å²) in [5.41, 5.74) is 3.17. The first kappa shape index (κ1) is 16.4. The molecule has 0 bridgehead atoms. The van der Waals surface area contributed by atoms with E-state index in [1.165, 1.54) is 5.56 Å². The molecule has 1 fully saturated rings. The molecular formula is C22H23N3O2. The van der Waals surface area contributed by atoms with Crippen LogP contribution in [0.2, 0.25) is 0 Å². The summed E-state index contributed by atoms with van der Waals surface area (Å²) in [5, 5.41) is 3.20. The first-order valence-corrected chi connectivity index (χ1v) is 9.54. The molecule has 3 atom stereocenters. The highest BCUT2D eigenvalue weighted by Gasteiger charge is 2.61. The monoisotopic (exact) mass is 361 g/mol. The number of ether oxygens (including phenoxy) is 1. The van der Waals surface area contributed by atoms with Crippen molar-refractivity contribution in [1.29, 1.82) is 0 Å². The lowest BCUT2D eigenvalue weighted by Gasteiger charge is -2.27. The smallest absolute Gasteiger partial charge is 0.224 e. The molecular weight excluding hydrogens is 338 g/mol. The third-order valence-corrected chi connectivity index (χ3v) is 6.19. The largest absolute Gasteiger partial charge is 0.493 e. The van der Waals surface area contributed by atoms with E-state index in [4.69, 9.17) is 9.72 Å². The highest BCUT2D eigenvalue weighted by Crippen LogP contribution is 2.60. The van der Waals surface area contributed by atoms with Gasteiger partial charge in [0.15, 0.2) is 0 Å². The minimum absolute atomic E-state index is 0.0136. The quantitative estimate of drug-likeness (QED) is 0.777. The van der Waals surface area contributed by atoms with Gasteiger partial charge in [-0.05, 0) is 38.0 Å². The number of hydrogen-bond donors (Lipinski definition) is 1. The zero-order chi connectivity index (χ0) is 18.6. The van der Waals surface area contributed by atoms with Gasteiger partial charge in [0.05, 0.1) is 23.7 Å². The Bertz CT molecular complexity index is 1040. The van der Waals surface area contributed by atoms with Crippen molar-refractivity contribution in [3.63, 3.8) is 0 Å². The van der Waals surface area contributed by atoms with Gasteiger partial charge in [0.25, 0.3) is 0 Å². The van der Waals surface area contributed by atoms with E-state index in [9.17, 15) is 4.79 Å². The minimum Gasteiger partial charge on any atom is -0.493 e. The lowest BCUT2D eigenvalue weighted by Crippen LogP contribution is -2.33. The molecule has 1 aliphatic carbocycles. The molecule has 0 saturated heterocycles. The number of nitrogens with one attached hydrogen (secondary N) is 1. The number of carbonyl (C=O) groups excluding carboxylic acids is 1. The Balaban J connectivity index is 1.37. The van der Waals surface area contributed by atoms with Gasteiger partial charge in [-0.3, -0.25) is 4.79 Å². The summed E-state index contributed by atoms with van der Waals surface area (Å²) in [4.78, 5) is 17.7. The van der Waals surface area contributed by atoms with Crippen molar-refractivity contribution in [3.05, 3.63) is 59.9 Å². The number of imidazole rings is 1. The summed E-state index contributed by atoms with van der Waals surface area (Å²) in [7, 11) is 2.00. The van der Waals surface area contributed by atoms with E-state index in [1.54, 1.807) is 0 Å². The van der Waals surface area contributed by atoms with Crippen LogP contribution in [0.5, 0.6) is 5.75 Å². The van der Waals surface area contributed by atoms with E-state index >= 15 is 0 Å². The number of aromatic nitrogens is 2. The van der Waals surface area contributed by atoms with Gasteiger partial charge in [-0.15, -0.1) is 0 Å². The van der Waals surface area contributed by atoms with Crippen molar-refractivity contribution in [1.82, 2.24) is 14.9 Å². The van der Waals surface area contributed by atoms with Gasteiger partial charge in [0.1, 0.15) is 11.6 Å². The van der Waals surface area contributed by atoms with Crippen molar-refractivity contribution >= 4 is 16.9 Å². The van der Waals surface area contributed by atoms with Crippen LogP contribution in [0.15, 0.2) is 48.5 Å². The van der Waals surface area contributed by atoms with E-state index in [-0.39, 0.29) is 23.3 Å². The van der Waals surface area contributed by atoms with Crippen molar-refractivity contribution in [2.75, 3.05) is 6.61 Å². The predicted molar refractivity (Wildman–Crippen MR) is 104 cm³/mol. The molecule has 1 spiro atoms. The Morgan fingerprint density at radius 3 is 2.89 bits per heavy atom. The fourth-order valence-corrected chi connectivity index (χ4v) is 4.63. The molecule has 0 radical (unpaired) electrons. The molecule has 138 valence electrons. The third kappa shape index (κ3) is 2.45. The number of aryl methyl sites for hydroxylation is 1. The highest BCUT2D eigenvalue weighted by atomic mass is 16.5. The van der Waals surface area contributed by atoms with E-state index in [0.717, 1.165) is 35.4 Å². The maximum absolute atomic E-state index is 13.0. The second kappa shape index (κ2) is 5.84. The molecule has 27 heavy (non-hydrogen) atoms. The van der Waals surface area contributed by atoms with Gasteiger partial charge in [-0.2, -0.15) is 0 Å². The molecule has 1 aliphatic heterocycles. The highest BCUT2D eigenvalue weighted by molar-refractivity contribution is 5.85. The van der Waals surface area contributed by atoms with Crippen molar-refractivity contribution in [3.8, 4) is 5.75 Å². The zero-order valence-electron chi connectivity index (χ0n) is 15.6. The number of para-hydroxylation sites is 3. The molecule has 1 unspecified atom stereocenters. The number of rotatable bonds is 3. The van der Waals surface area contributed by atoms with Crippen molar-refractivity contribution in [2.45, 2.75) is 31.2 Å². The van der Waals surface area contributed by atoms with E-state index in [1.807, 2.05) is 50.4 Å². The number of benzene rings is 2. The van der Waals surface area contributed by atoms with Crippen LogP contribution in [0.25, 0.3) is 11.0 Å². The molecule has 5 nitrogen and oxygen atoms in total. The molecule has 5 heteroatoms. The topological polar surface area (TPSA) is 56.1 Å². The van der Waals surface area contributed by atoms with Crippen LogP contribution in [0, 0.1) is 5.92 Å². The lowest BCUT2D eigenvalue weighted by atomic mass is 9.87. The van der Waals surface area contributed by atoms with Gasteiger partial charge in [0.2, 0.25) is 5.91 Å². The molecule has 3 aromatic rings. The Morgan fingerprint density at radius 1 is 1.26 bits per heavy atom. The Labute approximate surface area is 158 Å². The zero-order valence-corrected chi connectivity index (χ0v) is 15.6. The molecule has 1 amide bonds. The summed E-state index contributed by atoms with van der Waals surface area (Å²) in [5.74, 6) is 1.94. The fourth-order valence-electron chi connectivity index (χ4n) is 4.63. The van der Waals surface area contributed by atoms with Gasteiger partial charge in [0, 0.05) is 23.9 Å². The van der Waals surface area contributed by atoms with Crippen molar-refractivity contribution < 1.29 is 9.53 Å². The van der Waals surface area contributed by atoms with Gasteiger partial charge in [-0.25, -0.2) is 4.98 Å². The standard InChI is InChI=1S/C22H23N3O2/c1-14(20-24-17-8-4-5-9-18(17)25(20)2)23-21(26)16-13-22(16)11-12-27-19-10-6-3-7-15(19)22/h3-10,14,16H,11-13H2,1-2H3,(H,23,26)/t14?,16-,22-/m0/s1. The fraction of sp³-hybridized carbons (Fsp3) is 0.364. The predicted octanol–water partition coefficient (Wildman–Crippen LogP) is 3.49. The first-order valence-electron chi connectivity index (χ1n) is 9.54. The van der Waals surface area contributed by atoms with E-state index in [0.29, 0.717) is 6.61 Å². The van der Waals surface area contributed by atoms with Crippen LogP contribution in [-0.2, 0) is 17.3 Å². The van der Waals surface area contributed by atoms with Gasteiger partial charge < -0.3 is 14.6 Å². The Hall–Kier alpha value is -2.82. The minimum atomic E-state index is -0.136. The summed E-state index contributed by atoms with van der Waals surface area (Å²) in [6.45, 7) is 2.69. The number of nitrogens with zero attached hydrogens (tertiary/aromatic N) is 2. The molecule has 2 aromatic carbocycles. The molecule has 1 aromatic heterocycles. The number of fused-ring (bicyclic) bond motifs is 3. The SMILES string of the molecule is CC(NC(=O)[C@@H]1C[C@]12CCOc1ccccc12)c1nc2ccccc2n1C. The molecule has 2 heterocycles. The van der Waals surface area contributed by atoms with Crippen LogP contribution in [-0.4, -0.2) is 22.1 Å². The molecule has 1 saturated carbocycles. The molecule has 1 N–H and O–H groups in total. The number of hydrogen-bond acceptors (Lipinski definition) is 3.